The number of benzene rings is 3. The fourth-order valence-electron chi connectivity index (χ4n) is 4.31. The molecule has 200 valence electrons. The summed E-state index contributed by atoms with van der Waals surface area (Å²) in [7, 11) is 0. The van der Waals surface area contributed by atoms with Crippen molar-refractivity contribution in [1.82, 2.24) is 14.9 Å². The van der Waals surface area contributed by atoms with Gasteiger partial charge in [0.15, 0.2) is 0 Å². The molecule has 0 radical (unpaired) electrons. The fraction of sp³-hybridized carbons (Fsp3) is 0.233. The zero-order chi connectivity index (χ0) is 27.5. The number of carbonyl (C=O) groups is 1. The van der Waals surface area contributed by atoms with Gasteiger partial charge in [-0.1, -0.05) is 78.7 Å². The molecule has 0 saturated heterocycles. The van der Waals surface area contributed by atoms with Crippen LogP contribution in [0.3, 0.4) is 0 Å². The van der Waals surface area contributed by atoms with Gasteiger partial charge in [-0.25, -0.2) is 9.78 Å². The Labute approximate surface area is 227 Å². The van der Waals surface area contributed by atoms with Crippen molar-refractivity contribution in [3.05, 3.63) is 106 Å². The summed E-state index contributed by atoms with van der Waals surface area (Å²) in [6.45, 7) is 3.41. The summed E-state index contributed by atoms with van der Waals surface area (Å²) in [5, 5.41) is 17.0. The number of oxime groups is 1. The highest BCUT2D eigenvalue weighted by molar-refractivity contribution is 5.80. The third-order valence-corrected chi connectivity index (χ3v) is 6.27. The van der Waals surface area contributed by atoms with Crippen LogP contribution in [0.1, 0.15) is 37.1 Å². The zero-order valence-electron chi connectivity index (χ0n) is 21.8. The maximum atomic E-state index is 11.8. The molecule has 0 saturated carbocycles. The Morgan fingerprint density at radius 3 is 2.26 bits per heavy atom. The molecule has 0 fully saturated rings. The van der Waals surface area contributed by atoms with Crippen LogP contribution in [0.5, 0.6) is 0 Å². The zero-order valence-corrected chi connectivity index (χ0v) is 21.8. The van der Waals surface area contributed by atoms with Crippen molar-refractivity contribution in [2.75, 3.05) is 6.54 Å². The third-order valence-electron chi connectivity index (χ3n) is 6.27. The molecule has 9 nitrogen and oxygen atoms in total. The van der Waals surface area contributed by atoms with Crippen molar-refractivity contribution in [3.63, 3.8) is 0 Å². The van der Waals surface area contributed by atoms with Crippen LogP contribution in [0.4, 0.5) is 10.5 Å². The summed E-state index contributed by atoms with van der Waals surface area (Å²) in [4.78, 5) is 31.8. The molecule has 39 heavy (non-hydrogen) atoms. The van der Waals surface area contributed by atoms with Crippen molar-refractivity contribution in [2.24, 2.45) is 5.16 Å². The third kappa shape index (κ3) is 7.61. The first-order valence-electron chi connectivity index (χ1n) is 12.9. The van der Waals surface area contributed by atoms with Gasteiger partial charge in [0, 0.05) is 36.3 Å². The van der Waals surface area contributed by atoms with Crippen LogP contribution in [0.25, 0.3) is 22.5 Å². The van der Waals surface area contributed by atoms with Crippen molar-refractivity contribution in [1.29, 1.82) is 0 Å². The van der Waals surface area contributed by atoms with E-state index in [1.165, 1.54) is 30.5 Å². The predicted octanol–water partition coefficient (Wildman–Crippen LogP) is 6.75. The maximum absolute atomic E-state index is 11.8. The number of nitro groups is 1. The Balaban J connectivity index is 1.21. The lowest BCUT2D eigenvalue weighted by Crippen LogP contribution is -2.23. The standard InChI is InChI=1S/C30H31N5O4/c1-23-33-28(25-12-6-4-7-13-25)29(26-14-8-5-9-15-26)34(23)21-11-3-2-10-20-31-30(36)39-32-22-24-16-18-27(19-17-24)35(37)38/h4-9,12-19,22H,2-3,10-11,20-21H2,1H3,(H,31,36)/b32-22+. The molecule has 4 aromatic rings. The normalized spacial score (nSPS) is 11.0. The molecule has 1 N–H and O–H groups in total. The van der Waals surface area contributed by atoms with Crippen LogP contribution in [0.15, 0.2) is 90.1 Å². The van der Waals surface area contributed by atoms with Crippen molar-refractivity contribution >= 4 is 18.0 Å². The molecule has 1 aromatic heterocycles. The molecule has 0 spiro atoms. The maximum Gasteiger partial charge on any atom is 0.433 e. The van der Waals surface area contributed by atoms with Gasteiger partial charge < -0.3 is 9.88 Å². The number of nitrogens with one attached hydrogen (secondary N) is 1. The lowest BCUT2D eigenvalue weighted by atomic mass is 10.0. The van der Waals surface area contributed by atoms with E-state index < -0.39 is 11.0 Å². The quantitative estimate of drug-likeness (QED) is 0.0722. The second kappa shape index (κ2) is 13.7. The first-order valence-corrected chi connectivity index (χ1v) is 12.9. The van der Waals surface area contributed by atoms with Crippen LogP contribution in [0, 0.1) is 17.0 Å². The number of unbranched alkanes of at least 4 members (excludes halogenated alkanes) is 3. The molecule has 0 unspecified atom stereocenters. The second-order valence-corrected chi connectivity index (χ2v) is 9.04. The molecule has 3 aromatic carbocycles. The van der Waals surface area contributed by atoms with Gasteiger partial charge in [-0.3, -0.25) is 15.0 Å². The van der Waals surface area contributed by atoms with E-state index in [1.54, 1.807) is 0 Å². The number of carbonyl (C=O) groups excluding carboxylic acids is 1. The van der Waals surface area contributed by atoms with Gasteiger partial charge >= 0.3 is 6.09 Å². The minimum absolute atomic E-state index is 0.0143. The van der Waals surface area contributed by atoms with E-state index in [4.69, 9.17) is 9.82 Å². The second-order valence-electron chi connectivity index (χ2n) is 9.04. The highest BCUT2D eigenvalue weighted by Crippen LogP contribution is 2.33. The molecular formula is C30H31N5O4. The SMILES string of the molecule is Cc1nc(-c2ccccc2)c(-c2ccccc2)n1CCCCCCNC(=O)O/N=C/c1ccc([N+](=O)[O-])cc1. The smallest absolute Gasteiger partial charge is 0.328 e. The monoisotopic (exact) mass is 525 g/mol. The number of nitrogens with zero attached hydrogens (tertiary/aromatic N) is 4. The first kappa shape index (κ1) is 27.3. The highest BCUT2D eigenvalue weighted by Gasteiger charge is 2.17. The number of aromatic nitrogens is 2. The van der Waals surface area contributed by atoms with E-state index in [9.17, 15) is 14.9 Å². The summed E-state index contributed by atoms with van der Waals surface area (Å²) in [6.07, 6.45) is 4.49. The Morgan fingerprint density at radius 1 is 0.949 bits per heavy atom. The lowest BCUT2D eigenvalue weighted by Gasteiger charge is -2.12. The fourth-order valence-corrected chi connectivity index (χ4v) is 4.31. The molecule has 0 aliphatic heterocycles. The number of hydrogen-bond acceptors (Lipinski definition) is 6. The minimum Gasteiger partial charge on any atom is -0.328 e. The number of nitro benzene ring substituents is 1. The van der Waals surface area contributed by atoms with Gasteiger partial charge in [0.1, 0.15) is 5.82 Å². The Morgan fingerprint density at radius 2 is 1.59 bits per heavy atom. The van der Waals surface area contributed by atoms with Gasteiger partial charge in [-0.15, -0.1) is 0 Å². The van der Waals surface area contributed by atoms with E-state index in [-0.39, 0.29) is 5.69 Å². The molecule has 1 amide bonds. The van der Waals surface area contributed by atoms with E-state index >= 15 is 0 Å². The number of hydrogen-bond donors (Lipinski definition) is 1. The van der Waals surface area contributed by atoms with Gasteiger partial charge in [0.05, 0.1) is 22.5 Å². The summed E-state index contributed by atoms with van der Waals surface area (Å²) in [6, 6.07) is 26.4. The first-order chi connectivity index (χ1) is 19.0. The number of non-ortho nitro benzene ring substituents is 1. The van der Waals surface area contributed by atoms with E-state index in [0.29, 0.717) is 12.1 Å². The van der Waals surface area contributed by atoms with Crippen LogP contribution < -0.4 is 5.32 Å². The molecule has 0 aliphatic rings. The Hall–Kier alpha value is -4.79. The van der Waals surface area contributed by atoms with Crippen LogP contribution in [-0.2, 0) is 11.4 Å². The van der Waals surface area contributed by atoms with Gasteiger partial charge in [-0.05, 0) is 37.5 Å². The van der Waals surface area contributed by atoms with Crippen LogP contribution in [0.2, 0.25) is 0 Å². The summed E-state index contributed by atoms with van der Waals surface area (Å²) in [5.74, 6) is 0.992. The van der Waals surface area contributed by atoms with Crippen molar-refractivity contribution in [3.8, 4) is 22.5 Å². The predicted molar refractivity (Wildman–Crippen MR) is 151 cm³/mol. The molecule has 9 heteroatoms. The summed E-state index contributed by atoms with van der Waals surface area (Å²) in [5.41, 5.74) is 4.97. The topological polar surface area (TPSA) is 112 Å². The van der Waals surface area contributed by atoms with E-state index in [2.05, 4.69) is 58.4 Å². The lowest BCUT2D eigenvalue weighted by molar-refractivity contribution is -0.384. The van der Waals surface area contributed by atoms with Crippen LogP contribution in [-0.4, -0.2) is 33.3 Å². The van der Waals surface area contributed by atoms with Gasteiger partial charge in [0.2, 0.25) is 0 Å². The molecule has 0 aliphatic carbocycles. The number of imidazole rings is 1. The average Bonchev–Trinajstić information content (AvgIpc) is 3.29. The Bertz CT molecular complexity index is 1400. The van der Waals surface area contributed by atoms with E-state index in [0.717, 1.165) is 60.6 Å². The summed E-state index contributed by atoms with van der Waals surface area (Å²) >= 11 is 0. The number of aryl methyl sites for hydroxylation is 1. The summed E-state index contributed by atoms with van der Waals surface area (Å²) < 4.78 is 2.30. The number of rotatable bonds is 12. The molecule has 4 rings (SSSR count). The molecule has 1 heterocycles. The minimum atomic E-state index is -0.636. The average molecular weight is 526 g/mol. The van der Waals surface area contributed by atoms with Crippen LogP contribution >= 0.6 is 0 Å². The van der Waals surface area contributed by atoms with Gasteiger partial charge in [0.25, 0.3) is 5.69 Å². The molecular weight excluding hydrogens is 494 g/mol. The largest absolute Gasteiger partial charge is 0.433 e. The molecule has 0 bridgehead atoms. The van der Waals surface area contributed by atoms with Crippen molar-refractivity contribution in [2.45, 2.75) is 39.2 Å². The van der Waals surface area contributed by atoms with Crippen molar-refractivity contribution < 1.29 is 14.6 Å². The highest BCUT2D eigenvalue weighted by atomic mass is 16.7. The molecule has 0 atom stereocenters. The Kier molecular flexibility index (Phi) is 9.55. The number of amides is 1. The van der Waals surface area contributed by atoms with E-state index in [1.807, 2.05) is 24.3 Å². The van der Waals surface area contributed by atoms with Gasteiger partial charge in [-0.2, -0.15) is 0 Å².